The van der Waals surface area contributed by atoms with Crippen LogP contribution in [0.25, 0.3) is 0 Å². The van der Waals surface area contributed by atoms with Crippen molar-refractivity contribution in [2.24, 2.45) is 5.92 Å². The summed E-state index contributed by atoms with van der Waals surface area (Å²) in [6, 6.07) is 8.32. The molecule has 1 aromatic carbocycles. The first-order chi connectivity index (χ1) is 7.66. The fraction of sp³-hybridized carbons (Fsp3) is 0.571. The number of benzene rings is 1. The maximum absolute atomic E-state index is 10.9. The molecule has 1 heterocycles. The third kappa shape index (κ3) is 2.00. The molecule has 2 rings (SSSR count). The van der Waals surface area contributed by atoms with E-state index in [-0.39, 0.29) is 0 Å². The highest BCUT2D eigenvalue weighted by Gasteiger charge is 2.39. The summed E-state index contributed by atoms with van der Waals surface area (Å²) < 4.78 is 0. The minimum absolute atomic E-state index is 0.323. The van der Waals surface area contributed by atoms with Crippen molar-refractivity contribution in [2.75, 3.05) is 13.1 Å². The molecule has 2 atom stereocenters. The SMILES string of the molecule is CCC1CNCCC1(O)c1ccc(C)cc1. The van der Waals surface area contributed by atoms with Crippen LogP contribution in [0.3, 0.4) is 0 Å². The van der Waals surface area contributed by atoms with Crippen LogP contribution >= 0.6 is 0 Å². The molecule has 1 saturated heterocycles. The van der Waals surface area contributed by atoms with Crippen molar-refractivity contribution in [3.8, 4) is 0 Å². The molecule has 0 radical (unpaired) electrons. The summed E-state index contributed by atoms with van der Waals surface area (Å²) in [4.78, 5) is 0. The van der Waals surface area contributed by atoms with Crippen LogP contribution in [0.2, 0.25) is 0 Å². The van der Waals surface area contributed by atoms with Crippen LogP contribution in [0, 0.1) is 12.8 Å². The predicted molar refractivity (Wildman–Crippen MR) is 66.3 cm³/mol. The first-order valence-electron chi connectivity index (χ1n) is 6.17. The zero-order valence-corrected chi connectivity index (χ0v) is 10.2. The van der Waals surface area contributed by atoms with Crippen LogP contribution in [0.15, 0.2) is 24.3 Å². The fourth-order valence-corrected chi connectivity index (χ4v) is 2.63. The van der Waals surface area contributed by atoms with Gasteiger partial charge in [-0.3, -0.25) is 0 Å². The molecule has 1 fully saturated rings. The number of aliphatic hydroxyl groups is 1. The van der Waals surface area contributed by atoms with Crippen molar-refractivity contribution >= 4 is 0 Å². The molecule has 0 amide bonds. The zero-order chi connectivity index (χ0) is 11.6. The molecule has 0 bridgehead atoms. The normalized spacial score (nSPS) is 30.3. The first kappa shape index (κ1) is 11.6. The standard InChI is InChI=1S/C14H21NO/c1-3-12-10-15-9-8-14(12,16)13-6-4-11(2)5-7-13/h4-7,12,15-16H,3,8-10H2,1-2H3. The van der Waals surface area contributed by atoms with Crippen molar-refractivity contribution in [2.45, 2.75) is 32.3 Å². The third-order valence-electron chi connectivity index (χ3n) is 3.79. The van der Waals surface area contributed by atoms with Gasteiger partial charge < -0.3 is 10.4 Å². The number of rotatable bonds is 2. The Morgan fingerprint density at radius 1 is 1.38 bits per heavy atom. The Kier molecular flexibility index (Phi) is 3.31. The van der Waals surface area contributed by atoms with E-state index in [1.165, 1.54) is 5.56 Å². The largest absolute Gasteiger partial charge is 0.385 e. The van der Waals surface area contributed by atoms with Gasteiger partial charge in [-0.25, -0.2) is 0 Å². The summed E-state index contributed by atoms with van der Waals surface area (Å²) >= 11 is 0. The lowest BCUT2D eigenvalue weighted by atomic mass is 9.75. The zero-order valence-electron chi connectivity index (χ0n) is 10.2. The lowest BCUT2D eigenvalue weighted by Gasteiger charge is -2.40. The molecule has 0 aliphatic carbocycles. The second-order valence-corrected chi connectivity index (χ2v) is 4.85. The van der Waals surface area contributed by atoms with E-state index in [0.29, 0.717) is 5.92 Å². The van der Waals surface area contributed by atoms with Crippen LogP contribution < -0.4 is 5.32 Å². The Bertz CT molecular complexity index is 346. The molecular formula is C14H21NO. The molecule has 2 nitrogen and oxygen atoms in total. The summed E-state index contributed by atoms with van der Waals surface area (Å²) in [5.74, 6) is 0.323. The Morgan fingerprint density at radius 3 is 2.69 bits per heavy atom. The van der Waals surface area contributed by atoms with E-state index in [0.717, 1.165) is 31.5 Å². The van der Waals surface area contributed by atoms with Gasteiger partial charge in [0, 0.05) is 12.5 Å². The molecule has 88 valence electrons. The van der Waals surface area contributed by atoms with E-state index in [2.05, 4.69) is 43.4 Å². The van der Waals surface area contributed by atoms with Gasteiger partial charge in [-0.15, -0.1) is 0 Å². The summed E-state index contributed by atoms with van der Waals surface area (Å²) in [6.07, 6.45) is 1.83. The molecular weight excluding hydrogens is 198 g/mol. The minimum atomic E-state index is -0.631. The smallest absolute Gasteiger partial charge is 0.0948 e. The summed E-state index contributed by atoms with van der Waals surface area (Å²) in [5.41, 5.74) is 1.69. The summed E-state index contributed by atoms with van der Waals surface area (Å²) in [7, 11) is 0. The van der Waals surface area contributed by atoms with Gasteiger partial charge in [0.2, 0.25) is 0 Å². The van der Waals surface area contributed by atoms with E-state index in [9.17, 15) is 5.11 Å². The van der Waals surface area contributed by atoms with Gasteiger partial charge in [-0.05, 0) is 31.9 Å². The molecule has 1 aliphatic rings. The van der Waals surface area contributed by atoms with Gasteiger partial charge in [0.25, 0.3) is 0 Å². The minimum Gasteiger partial charge on any atom is -0.385 e. The van der Waals surface area contributed by atoms with Crippen molar-refractivity contribution in [1.29, 1.82) is 0 Å². The summed E-state index contributed by atoms with van der Waals surface area (Å²) in [6.45, 7) is 6.05. The Balaban J connectivity index is 2.31. The molecule has 2 N–H and O–H groups in total. The number of aryl methyl sites for hydroxylation is 1. The molecule has 0 aromatic heterocycles. The van der Waals surface area contributed by atoms with Gasteiger partial charge in [-0.1, -0.05) is 36.8 Å². The van der Waals surface area contributed by atoms with Crippen LogP contribution in [-0.4, -0.2) is 18.2 Å². The van der Waals surface area contributed by atoms with Crippen molar-refractivity contribution in [3.63, 3.8) is 0 Å². The van der Waals surface area contributed by atoms with Crippen molar-refractivity contribution < 1.29 is 5.11 Å². The number of piperidine rings is 1. The summed E-state index contributed by atoms with van der Waals surface area (Å²) in [5, 5.41) is 14.2. The van der Waals surface area contributed by atoms with E-state index >= 15 is 0 Å². The van der Waals surface area contributed by atoms with Gasteiger partial charge in [-0.2, -0.15) is 0 Å². The predicted octanol–water partition coefficient (Wildman–Crippen LogP) is 2.20. The molecule has 1 aliphatic heterocycles. The van der Waals surface area contributed by atoms with Gasteiger partial charge in [0.1, 0.15) is 0 Å². The van der Waals surface area contributed by atoms with Gasteiger partial charge >= 0.3 is 0 Å². The second kappa shape index (κ2) is 4.56. The highest BCUT2D eigenvalue weighted by molar-refractivity contribution is 5.28. The fourth-order valence-electron chi connectivity index (χ4n) is 2.63. The monoisotopic (exact) mass is 219 g/mol. The molecule has 0 spiro atoms. The van der Waals surface area contributed by atoms with Gasteiger partial charge in [0.15, 0.2) is 0 Å². The van der Waals surface area contributed by atoms with Crippen molar-refractivity contribution in [3.05, 3.63) is 35.4 Å². The average Bonchev–Trinajstić information content (AvgIpc) is 2.30. The quantitative estimate of drug-likeness (QED) is 0.799. The van der Waals surface area contributed by atoms with E-state index in [1.54, 1.807) is 0 Å². The number of hydrogen-bond donors (Lipinski definition) is 2. The molecule has 2 unspecified atom stereocenters. The first-order valence-corrected chi connectivity index (χ1v) is 6.17. The van der Waals surface area contributed by atoms with E-state index < -0.39 is 5.60 Å². The highest BCUT2D eigenvalue weighted by atomic mass is 16.3. The molecule has 16 heavy (non-hydrogen) atoms. The van der Waals surface area contributed by atoms with Crippen molar-refractivity contribution in [1.82, 2.24) is 5.32 Å². The molecule has 2 heteroatoms. The lowest BCUT2D eigenvalue weighted by molar-refractivity contribution is -0.0478. The highest BCUT2D eigenvalue weighted by Crippen LogP contribution is 2.36. The van der Waals surface area contributed by atoms with Gasteiger partial charge in [0.05, 0.1) is 5.60 Å². The number of nitrogens with one attached hydrogen (secondary N) is 1. The van der Waals surface area contributed by atoms with Crippen LogP contribution in [0.5, 0.6) is 0 Å². The number of hydrogen-bond acceptors (Lipinski definition) is 2. The maximum Gasteiger partial charge on any atom is 0.0948 e. The molecule has 0 saturated carbocycles. The van der Waals surface area contributed by atoms with Crippen LogP contribution in [0.4, 0.5) is 0 Å². The Labute approximate surface area is 97.7 Å². The lowest BCUT2D eigenvalue weighted by Crippen LogP contribution is -2.47. The van der Waals surface area contributed by atoms with E-state index in [4.69, 9.17) is 0 Å². The molecule has 1 aromatic rings. The third-order valence-corrected chi connectivity index (χ3v) is 3.79. The van der Waals surface area contributed by atoms with E-state index in [1.807, 2.05) is 0 Å². The second-order valence-electron chi connectivity index (χ2n) is 4.85. The Morgan fingerprint density at radius 2 is 2.06 bits per heavy atom. The topological polar surface area (TPSA) is 32.3 Å². The maximum atomic E-state index is 10.9. The Hall–Kier alpha value is -0.860. The average molecular weight is 219 g/mol. The van der Waals surface area contributed by atoms with Crippen LogP contribution in [-0.2, 0) is 5.60 Å². The van der Waals surface area contributed by atoms with Crippen LogP contribution in [0.1, 0.15) is 30.9 Å².